The number of nitrogens with two attached hydrogens (primary N) is 1. The van der Waals surface area contributed by atoms with Gasteiger partial charge < -0.3 is 5.73 Å². The number of halogens is 1. The molecule has 2 aromatic rings. The van der Waals surface area contributed by atoms with Crippen molar-refractivity contribution < 1.29 is 0 Å². The number of nitrogens with zero attached hydrogens (tertiary/aromatic N) is 2. The zero-order chi connectivity index (χ0) is 12.3. The molecule has 0 aliphatic rings. The summed E-state index contributed by atoms with van der Waals surface area (Å²) < 4.78 is 0. The molecule has 0 bridgehead atoms. The largest absolute Gasteiger partial charge is 0.384 e. The van der Waals surface area contributed by atoms with Crippen LogP contribution in [-0.4, -0.2) is 15.8 Å². The fourth-order valence-corrected chi connectivity index (χ4v) is 2.32. The second-order valence-electron chi connectivity index (χ2n) is 3.19. The van der Waals surface area contributed by atoms with Gasteiger partial charge in [-0.15, -0.1) is 0 Å². The summed E-state index contributed by atoms with van der Waals surface area (Å²) in [6.45, 7) is 0. The number of rotatable bonds is 3. The average molecular weight is 265 g/mol. The van der Waals surface area contributed by atoms with E-state index in [1.165, 1.54) is 11.8 Å². The van der Waals surface area contributed by atoms with Crippen LogP contribution < -0.4 is 5.73 Å². The Hall–Kier alpha value is -1.59. The van der Waals surface area contributed by atoms with Crippen molar-refractivity contribution in [2.45, 2.75) is 10.1 Å². The minimum Gasteiger partial charge on any atom is -0.384 e. The molecule has 86 valence electrons. The topological polar surface area (TPSA) is 75.7 Å². The first-order chi connectivity index (χ1) is 8.16. The number of hydrogen-bond acceptors (Lipinski definition) is 4. The zero-order valence-electron chi connectivity index (χ0n) is 8.72. The van der Waals surface area contributed by atoms with Crippen molar-refractivity contribution in [3.8, 4) is 0 Å². The summed E-state index contributed by atoms with van der Waals surface area (Å²) in [5.41, 5.74) is 5.92. The Morgan fingerprint density at radius 3 is 2.59 bits per heavy atom. The lowest BCUT2D eigenvalue weighted by Crippen LogP contribution is -2.11. The van der Waals surface area contributed by atoms with E-state index in [1.54, 1.807) is 30.6 Å². The van der Waals surface area contributed by atoms with E-state index in [2.05, 4.69) is 9.97 Å². The predicted molar refractivity (Wildman–Crippen MR) is 68.6 cm³/mol. The first-order valence-corrected chi connectivity index (χ1v) is 5.95. The first-order valence-electron chi connectivity index (χ1n) is 4.75. The van der Waals surface area contributed by atoms with Gasteiger partial charge in [-0.1, -0.05) is 11.6 Å². The SMILES string of the molecule is N=C(N)c1ccc(Sc2ncccn2)cc1Cl. The molecule has 6 heteroatoms. The van der Waals surface area contributed by atoms with E-state index in [4.69, 9.17) is 22.7 Å². The van der Waals surface area contributed by atoms with E-state index in [0.29, 0.717) is 15.7 Å². The van der Waals surface area contributed by atoms with Gasteiger partial charge >= 0.3 is 0 Å². The molecule has 0 saturated heterocycles. The minimum atomic E-state index is -0.0393. The van der Waals surface area contributed by atoms with Crippen molar-refractivity contribution in [2.75, 3.05) is 0 Å². The predicted octanol–water partition coefficient (Wildman–Crippen LogP) is 2.57. The highest BCUT2D eigenvalue weighted by atomic mass is 35.5. The highest BCUT2D eigenvalue weighted by Crippen LogP contribution is 2.28. The van der Waals surface area contributed by atoms with Gasteiger partial charge in [0.05, 0.1) is 5.02 Å². The minimum absolute atomic E-state index is 0.0393. The summed E-state index contributed by atoms with van der Waals surface area (Å²) in [5.74, 6) is -0.0393. The van der Waals surface area contributed by atoms with Crippen LogP contribution in [0.3, 0.4) is 0 Å². The summed E-state index contributed by atoms with van der Waals surface area (Å²) in [6, 6.07) is 7.06. The Labute approximate surface area is 108 Å². The van der Waals surface area contributed by atoms with Crippen LogP contribution in [0, 0.1) is 5.41 Å². The van der Waals surface area contributed by atoms with Gasteiger partial charge in [0, 0.05) is 22.9 Å². The van der Waals surface area contributed by atoms with Crippen molar-refractivity contribution in [2.24, 2.45) is 5.73 Å². The average Bonchev–Trinajstić information content (AvgIpc) is 2.30. The maximum atomic E-state index is 7.33. The lowest BCUT2D eigenvalue weighted by atomic mass is 10.2. The molecule has 3 N–H and O–H groups in total. The van der Waals surface area contributed by atoms with E-state index in [0.717, 1.165) is 4.90 Å². The summed E-state index contributed by atoms with van der Waals surface area (Å²) in [5, 5.41) is 8.44. The molecule has 1 aromatic carbocycles. The molecule has 17 heavy (non-hydrogen) atoms. The van der Waals surface area contributed by atoms with Crippen LogP contribution in [0.15, 0.2) is 46.7 Å². The molecule has 0 aliphatic carbocycles. The third-order valence-electron chi connectivity index (χ3n) is 1.98. The van der Waals surface area contributed by atoms with Crippen LogP contribution >= 0.6 is 23.4 Å². The summed E-state index contributed by atoms with van der Waals surface area (Å²) in [4.78, 5) is 9.11. The quantitative estimate of drug-likeness (QED) is 0.508. The van der Waals surface area contributed by atoms with Crippen molar-refractivity contribution in [1.29, 1.82) is 5.41 Å². The maximum Gasteiger partial charge on any atom is 0.192 e. The summed E-state index contributed by atoms with van der Waals surface area (Å²) >= 11 is 7.42. The molecule has 1 aromatic heterocycles. The monoisotopic (exact) mass is 264 g/mol. The number of hydrogen-bond donors (Lipinski definition) is 2. The fraction of sp³-hybridized carbons (Fsp3) is 0. The highest BCUT2D eigenvalue weighted by molar-refractivity contribution is 7.99. The number of nitrogen functional groups attached to an aromatic ring is 1. The number of nitrogens with one attached hydrogen (secondary N) is 1. The van der Waals surface area contributed by atoms with Crippen LogP contribution in [0.2, 0.25) is 5.02 Å². The Kier molecular flexibility index (Phi) is 3.61. The second-order valence-corrected chi connectivity index (χ2v) is 4.64. The third-order valence-corrected chi connectivity index (χ3v) is 3.18. The third kappa shape index (κ3) is 2.95. The van der Waals surface area contributed by atoms with Gasteiger partial charge in [-0.05, 0) is 36.0 Å². The van der Waals surface area contributed by atoms with Gasteiger partial charge in [-0.3, -0.25) is 5.41 Å². The smallest absolute Gasteiger partial charge is 0.192 e. The molecule has 0 spiro atoms. The van der Waals surface area contributed by atoms with Gasteiger partial charge in [0.1, 0.15) is 5.84 Å². The van der Waals surface area contributed by atoms with E-state index in [1.807, 2.05) is 6.07 Å². The molecule has 0 amide bonds. The molecular formula is C11H9ClN4S. The molecular weight excluding hydrogens is 256 g/mol. The van der Waals surface area contributed by atoms with Crippen molar-refractivity contribution in [1.82, 2.24) is 9.97 Å². The maximum absolute atomic E-state index is 7.33. The molecule has 0 saturated carbocycles. The molecule has 4 nitrogen and oxygen atoms in total. The Bertz CT molecular complexity index is 544. The fourth-order valence-electron chi connectivity index (χ4n) is 1.22. The van der Waals surface area contributed by atoms with Crippen LogP contribution in [0.5, 0.6) is 0 Å². The van der Waals surface area contributed by atoms with Crippen molar-refractivity contribution >= 4 is 29.2 Å². The van der Waals surface area contributed by atoms with E-state index in [9.17, 15) is 0 Å². The number of aromatic nitrogens is 2. The van der Waals surface area contributed by atoms with Gasteiger partial charge in [0.25, 0.3) is 0 Å². The normalized spacial score (nSPS) is 10.2. The van der Waals surface area contributed by atoms with Crippen molar-refractivity contribution in [3.05, 3.63) is 47.2 Å². The van der Waals surface area contributed by atoms with Crippen LogP contribution in [0.1, 0.15) is 5.56 Å². The van der Waals surface area contributed by atoms with Crippen LogP contribution in [0.25, 0.3) is 0 Å². The lowest BCUT2D eigenvalue weighted by Gasteiger charge is -2.04. The molecule has 0 radical (unpaired) electrons. The number of benzene rings is 1. The lowest BCUT2D eigenvalue weighted by molar-refractivity contribution is 0.967. The Morgan fingerprint density at radius 1 is 1.29 bits per heavy atom. The Morgan fingerprint density at radius 2 is 2.00 bits per heavy atom. The van der Waals surface area contributed by atoms with Gasteiger partial charge in [0.15, 0.2) is 5.16 Å². The zero-order valence-corrected chi connectivity index (χ0v) is 10.3. The highest BCUT2D eigenvalue weighted by Gasteiger charge is 2.06. The standard InChI is InChI=1S/C11H9ClN4S/c12-9-6-7(2-3-8(9)10(13)14)17-11-15-4-1-5-16-11/h1-6H,(H3,13,14). The van der Waals surface area contributed by atoms with Crippen LogP contribution in [-0.2, 0) is 0 Å². The van der Waals surface area contributed by atoms with Gasteiger partial charge in [0.2, 0.25) is 0 Å². The summed E-state index contributed by atoms with van der Waals surface area (Å²) in [6.07, 6.45) is 3.36. The Balaban J connectivity index is 2.24. The molecule has 2 rings (SSSR count). The van der Waals surface area contributed by atoms with E-state index < -0.39 is 0 Å². The molecule has 0 fully saturated rings. The molecule has 1 heterocycles. The van der Waals surface area contributed by atoms with Crippen LogP contribution in [0.4, 0.5) is 0 Å². The van der Waals surface area contributed by atoms with E-state index in [-0.39, 0.29) is 5.84 Å². The second kappa shape index (κ2) is 5.16. The summed E-state index contributed by atoms with van der Waals surface area (Å²) in [7, 11) is 0. The van der Waals surface area contributed by atoms with Gasteiger partial charge in [-0.2, -0.15) is 0 Å². The molecule has 0 aliphatic heterocycles. The van der Waals surface area contributed by atoms with E-state index >= 15 is 0 Å². The number of amidine groups is 1. The van der Waals surface area contributed by atoms with Crippen molar-refractivity contribution in [3.63, 3.8) is 0 Å². The molecule has 0 atom stereocenters. The first kappa shape index (κ1) is 11.9. The van der Waals surface area contributed by atoms with Gasteiger partial charge in [-0.25, -0.2) is 9.97 Å². The molecule has 0 unspecified atom stereocenters.